The van der Waals surface area contributed by atoms with Crippen molar-refractivity contribution in [1.29, 1.82) is 0 Å². The highest BCUT2D eigenvalue weighted by Crippen LogP contribution is 2.29. The molecule has 0 aliphatic rings. The molecular weight excluding hydrogens is 253 g/mol. The molecule has 0 aromatic heterocycles. The average molecular weight is 269 g/mol. The van der Waals surface area contributed by atoms with Gasteiger partial charge in [-0.15, -0.1) is 0 Å². The molecule has 19 heavy (non-hydrogen) atoms. The Morgan fingerprint density at radius 1 is 1.37 bits per heavy atom. The highest BCUT2D eigenvalue weighted by molar-refractivity contribution is 5.89. The largest absolute Gasteiger partial charge is 0.494 e. The highest BCUT2D eigenvalue weighted by Gasteiger charge is 2.20. The van der Waals surface area contributed by atoms with E-state index in [9.17, 15) is 14.0 Å². The van der Waals surface area contributed by atoms with Gasteiger partial charge >= 0.3 is 6.09 Å². The monoisotopic (exact) mass is 269 g/mol. The molecule has 1 N–H and O–H groups in total. The van der Waals surface area contributed by atoms with E-state index < -0.39 is 17.5 Å². The summed E-state index contributed by atoms with van der Waals surface area (Å²) in [6.45, 7) is 5.05. The minimum absolute atomic E-state index is 0.106. The summed E-state index contributed by atoms with van der Waals surface area (Å²) in [5.74, 6) is -0.755. The summed E-state index contributed by atoms with van der Waals surface area (Å²) in [5, 5.41) is 2.24. The van der Waals surface area contributed by atoms with Crippen molar-refractivity contribution in [2.75, 3.05) is 12.4 Å². The molecule has 5 nitrogen and oxygen atoms in total. The molecular formula is C13H16FNO4. The highest BCUT2D eigenvalue weighted by atomic mass is 19.1. The summed E-state index contributed by atoms with van der Waals surface area (Å²) in [6.07, 6.45) is -0.470. The van der Waals surface area contributed by atoms with Gasteiger partial charge in [0.15, 0.2) is 12.1 Å². The number of rotatable bonds is 3. The standard InChI is InChI=1S/C13H16FNO4/c1-13(2,3)19-12(17)15-11-9(18-4)6-5-8(7-16)10(11)14/h5-7H,1-4H3,(H,15,17). The SMILES string of the molecule is COc1ccc(C=O)c(F)c1NC(=O)OC(C)(C)C. The quantitative estimate of drug-likeness (QED) is 0.857. The molecule has 0 fully saturated rings. The van der Waals surface area contributed by atoms with E-state index in [0.717, 1.165) is 0 Å². The number of benzene rings is 1. The molecule has 0 saturated carbocycles. The number of aldehydes is 1. The number of carbonyl (C=O) groups excluding carboxylic acids is 2. The fourth-order valence-electron chi connectivity index (χ4n) is 1.36. The van der Waals surface area contributed by atoms with Crippen molar-refractivity contribution in [3.63, 3.8) is 0 Å². The van der Waals surface area contributed by atoms with E-state index in [-0.39, 0.29) is 17.0 Å². The Morgan fingerprint density at radius 3 is 2.47 bits per heavy atom. The Morgan fingerprint density at radius 2 is 2.00 bits per heavy atom. The van der Waals surface area contributed by atoms with Crippen molar-refractivity contribution in [1.82, 2.24) is 0 Å². The Hall–Kier alpha value is -2.11. The molecule has 0 bridgehead atoms. The minimum atomic E-state index is -0.861. The maximum Gasteiger partial charge on any atom is 0.412 e. The molecule has 0 saturated heterocycles. The van der Waals surface area contributed by atoms with Gasteiger partial charge in [-0.2, -0.15) is 0 Å². The molecule has 0 unspecified atom stereocenters. The Bertz CT molecular complexity index is 494. The van der Waals surface area contributed by atoms with E-state index in [1.54, 1.807) is 20.8 Å². The molecule has 1 amide bonds. The van der Waals surface area contributed by atoms with Crippen LogP contribution in [0, 0.1) is 5.82 Å². The molecule has 1 aromatic rings. The molecule has 0 spiro atoms. The summed E-state index contributed by atoms with van der Waals surface area (Å²) in [6, 6.07) is 2.65. The van der Waals surface area contributed by atoms with Crippen molar-refractivity contribution >= 4 is 18.1 Å². The van der Waals surface area contributed by atoms with Gasteiger partial charge in [-0.25, -0.2) is 9.18 Å². The van der Waals surface area contributed by atoms with Crippen LogP contribution in [-0.4, -0.2) is 25.1 Å². The smallest absolute Gasteiger partial charge is 0.412 e. The van der Waals surface area contributed by atoms with E-state index in [1.807, 2.05) is 0 Å². The van der Waals surface area contributed by atoms with Gasteiger partial charge in [0.2, 0.25) is 0 Å². The molecule has 1 rings (SSSR count). The van der Waals surface area contributed by atoms with Crippen molar-refractivity contribution in [3.8, 4) is 5.75 Å². The maximum atomic E-state index is 13.9. The summed E-state index contributed by atoms with van der Waals surface area (Å²) in [7, 11) is 1.33. The van der Waals surface area contributed by atoms with Gasteiger partial charge in [0.25, 0.3) is 0 Å². The average Bonchev–Trinajstić information content (AvgIpc) is 2.29. The van der Waals surface area contributed by atoms with Crippen LogP contribution >= 0.6 is 0 Å². The number of hydrogen-bond donors (Lipinski definition) is 1. The third-order valence-corrected chi connectivity index (χ3v) is 2.11. The van der Waals surface area contributed by atoms with Crippen LogP contribution in [0.5, 0.6) is 5.75 Å². The summed E-state index contributed by atoms with van der Waals surface area (Å²) < 4.78 is 23.9. The molecule has 0 atom stereocenters. The van der Waals surface area contributed by atoms with Crippen LogP contribution in [0.25, 0.3) is 0 Å². The molecule has 0 heterocycles. The molecule has 104 valence electrons. The van der Waals surface area contributed by atoms with Crippen LogP contribution in [-0.2, 0) is 4.74 Å². The van der Waals surface area contributed by atoms with Crippen LogP contribution in [0.15, 0.2) is 12.1 Å². The lowest BCUT2D eigenvalue weighted by Crippen LogP contribution is -2.27. The predicted octanol–water partition coefficient (Wildman–Crippen LogP) is 2.99. The molecule has 6 heteroatoms. The van der Waals surface area contributed by atoms with Crippen molar-refractivity contribution < 1.29 is 23.5 Å². The number of halogens is 1. The zero-order chi connectivity index (χ0) is 14.6. The van der Waals surface area contributed by atoms with Crippen LogP contribution < -0.4 is 10.1 Å². The fraction of sp³-hybridized carbons (Fsp3) is 0.385. The maximum absolute atomic E-state index is 13.9. The van der Waals surface area contributed by atoms with E-state index in [1.165, 1.54) is 19.2 Å². The first-order chi connectivity index (χ1) is 8.78. The van der Waals surface area contributed by atoms with Crippen molar-refractivity contribution in [2.24, 2.45) is 0 Å². The van der Waals surface area contributed by atoms with Crippen molar-refractivity contribution in [3.05, 3.63) is 23.5 Å². The number of nitrogens with one attached hydrogen (secondary N) is 1. The van der Waals surface area contributed by atoms with E-state index in [4.69, 9.17) is 9.47 Å². The fourth-order valence-corrected chi connectivity index (χ4v) is 1.36. The molecule has 0 aliphatic heterocycles. The molecule has 1 aromatic carbocycles. The van der Waals surface area contributed by atoms with Gasteiger partial charge in [-0.1, -0.05) is 0 Å². The third kappa shape index (κ3) is 3.94. The number of amides is 1. The lowest BCUT2D eigenvalue weighted by Gasteiger charge is -2.20. The zero-order valence-electron chi connectivity index (χ0n) is 11.2. The Labute approximate surface area is 110 Å². The first kappa shape index (κ1) is 14.9. The van der Waals surface area contributed by atoms with Gasteiger partial charge in [0.1, 0.15) is 17.0 Å². The number of hydrogen-bond acceptors (Lipinski definition) is 4. The van der Waals surface area contributed by atoms with E-state index in [2.05, 4.69) is 5.32 Å². The van der Waals surface area contributed by atoms with Gasteiger partial charge in [-0.3, -0.25) is 10.1 Å². The zero-order valence-corrected chi connectivity index (χ0v) is 11.2. The van der Waals surface area contributed by atoms with Gasteiger partial charge in [-0.05, 0) is 32.9 Å². The lowest BCUT2D eigenvalue weighted by atomic mass is 10.2. The van der Waals surface area contributed by atoms with Gasteiger partial charge in [0, 0.05) is 0 Å². The van der Waals surface area contributed by atoms with E-state index in [0.29, 0.717) is 6.29 Å². The van der Waals surface area contributed by atoms with Gasteiger partial charge < -0.3 is 9.47 Å². The number of ether oxygens (including phenoxy) is 2. The second-order valence-corrected chi connectivity index (χ2v) is 4.79. The molecule has 0 aliphatic carbocycles. The van der Waals surface area contributed by atoms with Crippen LogP contribution in [0.2, 0.25) is 0 Å². The van der Waals surface area contributed by atoms with Crippen molar-refractivity contribution in [2.45, 2.75) is 26.4 Å². The second kappa shape index (κ2) is 5.69. The van der Waals surface area contributed by atoms with Crippen LogP contribution in [0.1, 0.15) is 31.1 Å². The first-order valence-corrected chi connectivity index (χ1v) is 5.60. The number of anilines is 1. The number of methoxy groups -OCH3 is 1. The summed E-state index contributed by atoms with van der Waals surface area (Å²) >= 11 is 0. The normalized spacial score (nSPS) is 10.8. The first-order valence-electron chi connectivity index (χ1n) is 5.60. The Kier molecular flexibility index (Phi) is 4.47. The summed E-state index contributed by atoms with van der Waals surface area (Å²) in [4.78, 5) is 22.3. The van der Waals surface area contributed by atoms with Crippen LogP contribution in [0.4, 0.5) is 14.9 Å². The van der Waals surface area contributed by atoms with Crippen LogP contribution in [0.3, 0.4) is 0 Å². The van der Waals surface area contributed by atoms with E-state index >= 15 is 0 Å². The lowest BCUT2D eigenvalue weighted by molar-refractivity contribution is 0.0634. The second-order valence-electron chi connectivity index (χ2n) is 4.79. The predicted molar refractivity (Wildman–Crippen MR) is 68.2 cm³/mol. The summed E-state index contributed by atoms with van der Waals surface area (Å²) in [5.41, 5.74) is -1.11. The molecule has 0 radical (unpaired) electrons. The number of carbonyl (C=O) groups is 2. The Balaban J connectivity index is 3.05. The third-order valence-electron chi connectivity index (χ3n) is 2.11. The minimum Gasteiger partial charge on any atom is -0.494 e. The topological polar surface area (TPSA) is 64.6 Å². The van der Waals surface area contributed by atoms with Gasteiger partial charge in [0.05, 0.1) is 12.7 Å².